The van der Waals surface area contributed by atoms with E-state index in [1.54, 1.807) is 88.4 Å². The molecule has 0 saturated carbocycles. The van der Waals surface area contributed by atoms with Crippen molar-refractivity contribution < 1.29 is 57.8 Å². The smallest absolute Gasteiger partial charge is 0.326 e. The van der Waals surface area contributed by atoms with Crippen LogP contribution in [0.2, 0.25) is 0 Å². The molecule has 0 heterocycles. The highest BCUT2D eigenvalue weighted by Gasteiger charge is 2.35. The van der Waals surface area contributed by atoms with E-state index < -0.39 is 133 Å². The Morgan fingerprint density at radius 3 is 1.18 bits per heavy atom. The third-order valence-corrected chi connectivity index (χ3v) is 9.73. The molecule has 66 heavy (non-hydrogen) atoms. The Morgan fingerprint density at radius 2 is 0.833 bits per heavy atom. The second kappa shape index (κ2) is 27.0. The summed E-state index contributed by atoms with van der Waals surface area (Å²) in [5.74, 6) is -11.8. The normalized spacial score (nSPS) is 14.1. The first-order valence-corrected chi connectivity index (χ1v) is 21.0. The number of aliphatic carboxylic acids is 1. The number of carboxylic acid groups (broad SMARTS) is 1. The Hall–Kier alpha value is -7.43. The van der Waals surface area contributed by atoms with Crippen LogP contribution >= 0.6 is 0 Å². The molecule has 0 aliphatic carbocycles. The van der Waals surface area contributed by atoms with Crippen LogP contribution in [0.15, 0.2) is 60.7 Å². The van der Waals surface area contributed by atoms with E-state index in [4.69, 9.17) is 22.9 Å². The molecule has 0 spiro atoms. The van der Waals surface area contributed by atoms with E-state index in [1.807, 2.05) is 0 Å². The number of primary amides is 3. The van der Waals surface area contributed by atoms with E-state index in [0.717, 1.165) is 0 Å². The first-order chi connectivity index (χ1) is 31.0. The van der Waals surface area contributed by atoms with Crippen LogP contribution in [0.1, 0.15) is 64.5 Å². The van der Waals surface area contributed by atoms with Gasteiger partial charge in [-0.1, -0.05) is 88.4 Å². The number of rotatable bonds is 28. The van der Waals surface area contributed by atoms with Gasteiger partial charge >= 0.3 is 5.97 Å². The van der Waals surface area contributed by atoms with E-state index >= 15 is 0 Å². The number of carbonyl (C=O) groups excluding carboxylic acids is 10. The molecule has 0 saturated heterocycles. The molecule has 0 aromatic heterocycles. The second-order valence-corrected chi connectivity index (χ2v) is 16.3. The molecule has 2 rings (SSSR count). The summed E-state index contributed by atoms with van der Waals surface area (Å²) in [7, 11) is 0. The Morgan fingerprint density at radius 1 is 0.485 bits per heavy atom. The van der Waals surface area contributed by atoms with Crippen LogP contribution in [-0.2, 0) is 65.6 Å². The van der Waals surface area contributed by atoms with E-state index in [1.165, 1.54) is 0 Å². The van der Waals surface area contributed by atoms with Crippen molar-refractivity contribution in [3.05, 3.63) is 71.8 Å². The number of hydrogen-bond acceptors (Lipinski definition) is 12. The van der Waals surface area contributed by atoms with Gasteiger partial charge in [-0.3, -0.25) is 47.9 Å². The number of nitrogens with two attached hydrogens (primary N) is 4. The van der Waals surface area contributed by atoms with Gasteiger partial charge in [0.15, 0.2) is 0 Å². The van der Waals surface area contributed by atoms with Gasteiger partial charge in [-0.25, -0.2) is 4.79 Å². The molecule has 7 atom stereocenters. The zero-order valence-corrected chi connectivity index (χ0v) is 37.2. The van der Waals surface area contributed by atoms with Gasteiger partial charge in [0.25, 0.3) is 0 Å². The number of nitrogens with one attached hydrogen (secondary N) is 7. The summed E-state index contributed by atoms with van der Waals surface area (Å²) in [5, 5.41) is 26.0. The van der Waals surface area contributed by atoms with Gasteiger partial charge in [0.2, 0.25) is 59.1 Å². The van der Waals surface area contributed by atoms with E-state index in [0.29, 0.717) is 11.1 Å². The molecule has 23 nitrogen and oxygen atoms in total. The minimum atomic E-state index is -1.80. The van der Waals surface area contributed by atoms with Gasteiger partial charge in [-0.2, -0.15) is 0 Å². The van der Waals surface area contributed by atoms with Crippen LogP contribution in [0.25, 0.3) is 0 Å². The molecule has 0 bridgehead atoms. The maximum Gasteiger partial charge on any atom is 0.326 e. The maximum absolute atomic E-state index is 14.0. The molecule has 0 unspecified atom stereocenters. The third-order valence-electron chi connectivity index (χ3n) is 9.73. The average Bonchev–Trinajstić information content (AvgIpc) is 3.23. The lowest BCUT2D eigenvalue weighted by atomic mass is 10.0. The van der Waals surface area contributed by atoms with Crippen molar-refractivity contribution in [2.75, 3.05) is 6.54 Å². The highest BCUT2D eigenvalue weighted by molar-refractivity contribution is 6.00. The molecule has 23 heteroatoms. The van der Waals surface area contributed by atoms with Crippen molar-refractivity contribution in [3.63, 3.8) is 0 Å². The van der Waals surface area contributed by atoms with Crippen LogP contribution in [0, 0.1) is 11.8 Å². The van der Waals surface area contributed by atoms with Crippen LogP contribution in [0.3, 0.4) is 0 Å². The molecule has 0 aliphatic heterocycles. The number of hydrogen-bond donors (Lipinski definition) is 12. The summed E-state index contributed by atoms with van der Waals surface area (Å²) in [6.07, 6.45) is -2.66. The first-order valence-electron chi connectivity index (χ1n) is 21.0. The van der Waals surface area contributed by atoms with Gasteiger partial charge in [-0.15, -0.1) is 0 Å². The second-order valence-electron chi connectivity index (χ2n) is 16.3. The number of carboxylic acids is 1. The van der Waals surface area contributed by atoms with Crippen molar-refractivity contribution in [2.24, 2.45) is 34.8 Å². The quantitative estimate of drug-likeness (QED) is 0.0391. The van der Waals surface area contributed by atoms with Crippen molar-refractivity contribution >= 4 is 65.0 Å². The molecular formula is C43H61N11O12. The van der Waals surface area contributed by atoms with Gasteiger partial charge in [0, 0.05) is 12.8 Å². The van der Waals surface area contributed by atoms with Crippen LogP contribution in [-0.4, -0.2) is 119 Å². The topological polar surface area (TPSA) is 396 Å². The van der Waals surface area contributed by atoms with Crippen LogP contribution < -0.4 is 60.2 Å². The molecule has 360 valence electrons. The molecule has 2 aromatic carbocycles. The first kappa shape index (κ1) is 54.7. The predicted molar refractivity (Wildman–Crippen MR) is 236 cm³/mol. The molecular weight excluding hydrogens is 863 g/mol. The van der Waals surface area contributed by atoms with Gasteiger partial charge in [0.05, 0.1) is 31.8 Å². The third kappa shape index (κ3) is 20.0. The van der Waals surface area contributed by atoms with Crippen molar-refractivity contribution in [1.82, 2.24) is 37.2 Å². The Kier molecular flexibility index (Phi) is 22.4. The van der Waals surface area contributed by atoms with E-state index in [2.05, 4.69) is 37.2 Å². The molecule has 10 amide bonds. The summed E-state index contributed by atoms with van der Waals surface area (Å²) in [5.41, 5.74) is 23.1. The number of amides is 10. The summed E-state index contributed by atoms with van der Waals surface area (Å²) < 4.78 is 0. The lowest BCUT2D eigenvalue weighted by Crippen LogP contribution is -2.61. The van der Waals surface area contributed by atoms with Gasteiger partial charge in [-0.05, 0) is 29.4 Å². The van der Waals surface area contributed by atoms with Gasteiger partial charge in [0.1, 0.15) is 36.3 Å². The lowest BCUT2D eigenvalue weighted by molar-refractivity contribution is -0.142. The zero-order valence-electron chi connectivity index (χ0n) is 37.2. The fourth-order valence-electron chi connectivity index (χ4n) is 6.24. The largest absolute Gasteiger partial charge is 0.480 e. The number of benzene rings is 2. The monoisotopic (exact) mass is 923 g/mol. The zero-order chi connectivity index (χ0) is 49.7. The lowest BCUT2D eigenvalue weighted by Gasteiger charge is -2.27. The summed E-state index contributed by atoms with van der Waals surface area (Å²) in [6.45, 7) is 6.06. The summed E-state index contributed by atoms with van der Waals surface area (Å²) in [6, 6.07) is 5.85. The SMILES string of the molecule is CC(C)C[C@H](NC(=O)CNC(=O)[C@H](CC(N)=O)NC(=O)[C@H](Cc1ccccc1)NC(=O)[C@H](CC(N)=O)NC(=O)[C@H](Cc1ccccc1)NC(=O)[C@H](CC(N)=O)NC(=O)[C@@H](N)C(C)C)C(=O)O. The van der Waals surface area contributed by atoms with Crippen LogP contribution in [0.5, 0.6) is 0 Å². The Bertz CT molecular complexity index is 2050. The van der Waals surface area contributed by atoms with Crippen LogP contribution in [0.4, 0.5) is 0 Å². The van der Waals surface area contributed by atoms with Crippen molar-refractivity contribution in [2.45, 2.75) is 109 Å². The molecule has 16 N–H and O–H groups in total. The standard InChI is InChI=1S/C43H61N11O12/c1-22(2)15-31(43(65)66)49-35(58)21-48-37(59)28(18-32(44)55)52-38(60)26(16-24-11-7-5-8-12-24)50-40(62)29(19-33(45)56)53-39(61)27(17-25-13-9-6-10-14-25)51-41(63)30(20-34(46)57)54-42(64)36(47)23(3)4/h5-14,22-23,26-31,36H,15-21,47H2,1-4H3,(H2,44,55)(H2,45,56)(H2,46,57)(H,48,59)(H,49,58)(H,50,62)(H,51,63)(H,52,60)(H,53,61)(H,54,64)(H,65,66)/t26-,27-,28-,29-,30-,31-,36-/m0/s1. The molecule has 0 aliphatic rings. The Labute approximate surface area is 381 Å². The average molecular weight is 924 g/mol. The summed E-state index contributed by atoms with van der Waals surface area (Å²) in [4.78, 5) is 142. The maximum atomic E-state index is 14.0. The van der Waals surface area contributed by atoms with E-state index in [9.17, 15) is 57.8 Å². The predicted octanol–water partition coefficient (Wildman–Crippen LogP) is -3.76. The Balaban J connectivity index is 2.43. The highest BCUT2D eigenvalue weighted by atomic mass is 16.4. The molecule has 2 aromatic rings. The fourth-order valence-corrected chi connectivity index (χ4v) is 6.24. The highest BCUT2D eigenvalue weighted by Crippen LogP contribution is 2.10. The minimum absolute atomic E-state index is 0.0903. The van der Waals surface area contributed by atoms with Crippen molar-refractivity contribution in [1.29, 1.82) is 0 Å². The van der Waals surface area contributed by atoms with E-state index in [-0.39, 0.29) is 31.1 Å². The van der Waals surface area contributed by atoms with Crippen molar-refractivity contribution in [3.8, 4) is 0 Å². The molecule has 0 radical (unpaired) electrons. The van der Waals surface area contributed by atoms with Gasteiger partial charge < -0.3 is 65.3 Å². The minimum Gasteiger partial charge on any atom is -0.480 e. The number of carbonyl (C=O) groups is 11. The molecule has 0 fully saturated rings. The fraction of sp³-hybridized carbons (Fsp3) is 0.465. The summed E-state index contributed by atoms with van der Waals surface area (Å²) >= 11 is 0.